The monoisotopic (exact) mass is 253 g/mol. The zero-order valence-electron chi connectivity index (χ0n) is 12.7. The SMILES string of the molecule is C=C(CC)CC(N)C1(OCC)CCC(C)(C)CC1. The van der Waals surface area contributed by atoms with Crippen molar-refractivity contribution in [3.63, 3.8) is 0 Å². The molecule has 1 rings (SSSR count). The van der Waals surface area contributed by atoms with Gasteiger partial charge in [0, 0.05) is 12.6 Å². The molecule has 18 heavy (non-hydrogen) atoms. The Morgan fingerprint density at radius 3 is 2.22 bits per heavy atom. The summed E-state index contributed by atoms with van der Waals surface area (Å²) in [5.41, 5.74) is 8.03. The van der Waals surface area contributed by atoms with Gasteiger partial charge in [0.1, 0.15) is 0 Å². The number of ether oxygens (including phenoxy) is 1. The molecule has 0 aromatic heterocycles. The van der Waals surface area contributed by atoms with Crippen molar-refractivity contribution >= 4 is 0 Å². The van der Waals surface area contributed by atoms with Gasteiger partial charge in [-0.3, -0.25) is 0 Å². The van der Waals surface area contributed by atoms with Crippen LogP contribution in [0.25, 0.3) is 0 Å². The van der Waals surface area contributed by atoms with E-state index in [0.717, 1.165) is 32.3 Å². The third-order valence-electron chi connectivity index (χ3n) is 4.57. The lowest BCUT2D eigenvalue weighted by molar-refractivity contribution is -0.0987. The molecule has 106 valence electrons. The predicted molar refractivity (Wildman–Crippen MR) is 78.6 cm³/mol. The molecule has 0 aromatic rings. The third kappa shape index (κ3) is 3.83. The minimum Gasteiger partial charge on any atom is -0.374 e. The van der Waals surface area contributed by atoms with E-state index < -0.39 is 0 Å². The molecule has 0 spiro atoms. The quantitative estimate of drug-likeness (QED) is 0.725. The van der Waals surface area contributed by atoms with Gasteiger partial charge in [0.15, 0.2) is 0 Å². The second kappa shape index (κ2) is 6.21. The highest BCUT2D eigenvalue weighted by Gasteiger charge is 2.43. The van der Waals surface area contributed by atoms with E-state index in [1.807, 2.05) is 0 Å². The van der Waals surface area contributed by atoms with Gasteiger partial charge in [0.2, 0.25) is 0 Å². The summed E-state index contributed by atoms with van der Waals surface area (Å²) < 4.78 is 6.10. The number of nitrogens with two attached hydrogens (primary N) is 1. The Labute approximate surface area is 113 Å². The van der Waals surface area contributed by atoms with Crippen molar-refractivity contribution in [2.45, 2.75) is 77.9 Å². The summed E-state index contributed by atoms with van der Waals surface area (Å²) in [4.78, 5) is 0. The van der Waals surface area contributed by atoms with E-state index in [9.17, 15) is 0 Å². The molecule has 0 radical (unpaired) electrons. The summed E-state index contributed by atoms with van der Waals surface area (Å²) >= 11 is 0. The van der Waals surface area contributed by atoms with Gasteiger partial charge in [-0.2, -0.15) is 0 Å². The van der Waals surface area contributed by atoms with Crippen molar-refractivity contribution in [2.75, 3.05) is 6.61 Å². The molecule has 1 saturated carbocycles. The number of rotatable bonds is 6. The Morgan fingerprint density at radius 1 is 1.22 bits per heavy atom. The Bertz CT molecular complexity index is 273. The van der Waals surface area contributed by atoms with Crippen molar-refractivity contribution in [3.05, 3.63) is 12.2 Å². The van der Waals surface area contributed by atoms with Gasteiger partial charge in [-0.15, -0.1) is 0 Å². The van der Waals surface area contributed by atoms with Crippen LogP contribution in [0.1, 0.15) is 66.2 Å². The lowest BCUT2D eigenvalue weighted by atomic mass is 9.67. The lowest BCUT2D eigenvalue weighted by Gasteiger charge is -2.46. The first-order valence-corrected chi connectivity index (χ1v) is 7.41. The maximum absolute atomic E-state index is 6.45. The molecular formula is C16H31NO. The summed E-state index contributed by atoms with van der Waals surface area (Å²) in [6.45, 7) is 13.8. The van der Waals surface area contributed by atoms with E-state index in [-0.39, 0.29) is 11.6 Å². The lowest BCUT2D eigenvalue weighted by Crippen LogP contribution is -2.53. The maximum atomic E-state index is 6.45. The molecule has 0 amide bonds. The molecule has 1 unspecified atom stereocenters. The van der Waals surface area contributed by atoms with Crippen LogP contribution in [0.2, 0.25) is 0 Å². The van der Waals surface area contributed by atoms with Crippen LogP contribution in [-0.4, -0.2) is 18.2 Å². The second-order valence-electron chi connectivity index (χ2n) is 6.58. The Hall–Kier alpha value is -0.340. The summed E-state index contributed by atoms with van der Waals surface area (Å²) in [5, 5.41) is 0. The van der Waals surface area contributed by atoms with Gasteiger partial charge in [-0.05, 0) is 50.9 Å². The van der Waals surface area contributed by atoms with Gasteiger partial charge >= 0.3 is 0 Å². The zero-order valence-corrected chi connectivity index (χ0v) is 12.7. The van der Waals surface area contributed by atoms with E-state index in [4.69, 9.17) is 10.5 Å². The second-order valence-corrected chi connectivity index (χ2v) is 6.58. The first kappa shape index (κ1) is 15.7. The molecule has 0 aromatic carbocycles. The van der Waals surface area contributed by atoms with Crippen LogP contribution in [0, 0.1) is 5.41 Å². The normalized spacial score (nSPS) is 23.6. The minimum atomic E-state index is -0.109. The molecule has 1 atom stereocenters. The van der Waals surface area contributed by atoms with Crippen LogP contribution in [-0.2, 0) is 4.74 Å². The van der Waals surface area contributed by atoms with Crippen LogP contribution in [0.15, 0.2) is 12.2 Å². The molecule has 1 aliphatic rings. The summed E-state index contributed by atoms with van der Waals surface area (Å²) in [5.74, 6) is 0. The molecule has 0 bridgehead atoms. The summed E-state index contributed by atoms with van der Waals surface area (Å²) in [6.07, 6.45) is 6.51. The van der Waals surface area contributed by atoms with Crippen molar-refractivity contribution in [1.82, 2.24) is 0 Å². The van der Waals surface area contributed by atoms with Crippen molar-refractivity contribution in [3.8, 4) is 0 Å². The molecule has 1 aliphatic carbocycles. The highest BCUT2D eigenvalue weighted by molar-refractivity contribution is 5.05. The number of hydrogen-bond acceptors (Lipinski definition) is 2. The molecule has 0 saturated heterocycles. The van der Waals surface area contributed by atoms with E-state index in [1.165, 1.54) is 18.4 Å². The highest BCUT2D eigenvalue weighted by atomic mass is 16.5. The number of hydrogen-bond donors (Lipinski definition) is 1. The van der Waals surface area contributed by atoms with Crippen LogP contribution < -0.4 is 5.73 Å². The fraction of sp³-hybridized carbons (Fsp3) is 0.875. The Balaban J connectivity index is 2.72. The largest absolute Gasteiger partial charge is 0.374 e. The maximum Gasteiger partial charge on any atom is 0.0836 e. The van der Waals surface area contributed by atoms with E-state index in [1.54, 1.807) is 0 Å². The van der Waals surface area contributed by atoms with E-state index in [2.05, 4.69) is 34.3 Å². The van der Waals surface area contributed by atoms with Crippen molar-refractivity contribution in [2.24, 2.45) is 11.1 Å². The fourth-order valence-corrected chi connectivity index (χ4v) is 2.90. The van der Waals surface area contributed by atoms with Crippen LogP contribution in [0.5, 0.6) is 0 Å². The molecule has 1 fully saturated rings. The average Bonchev–Trinajstić information content (AvgIpc) is 2.32. The standard InChI is InChI=1S/C16H31NO/c1-6-13(3)12-14(17)16(18-7-2)10-8-15(4,5)9-11-16/h14H,3,6-12,17H2,1-2,4-5H3. The molecule has 2 N–H and O–H groups in total. The predicted octanol–water partition coefficient (Wildman–Crippen LogP) is 4.05. The molecule has 0 heterocycles. The summed E-state index contributed by atoms with van der Waals surface area (Å²) in [6, 6.07) is 0.0981. The molecule has 2 nitrogen and oxygen atoms in total. The van der Waals surface area contributed by atoms with Crippen molar-refractivity contribution < 1.29 is 4.74 Å². The highest BCUT2D eigenvalue weighted by Crippen LogP contribution is 2.44. The van der Waals surface area contributed by atoms with Crippen molar-refractivity contribution in [1.29, 1.82) is 0 Å². The Kier molecular flexibility index (Phi) is 5.42. The van der Waals surface area contributed by atoms with Gasteiger partial charge in [-0.25, -0.2) is 0 Å². The van der Waals surface area contributed by atoms with E-state index >= 15 is 0 Å². The molecular weight excluding hydrogens is 222 g/mol. The molecule has 0 aliphatic heterocycles. The van der Waals surface area contributed by atoms with Crippen LogP contribution >= 0.6 is 0 Å². The Morgan fingerprint density at radius 2 is 1.78 bits per heavy atom. The minimum absolute atomic E-state index is 0.0981. The smallest absolute Gasteiger partial charge is 0.0836 e. The first-order chi connectivity index (χ1) is 8.35. The van der Waals surface area contributed by atoms with Gasteiger partial charge in [0.25, 0.3) is 0 Å². The van der Waals surface area contributed by atoms with Gasteiger partial charge in [0.05, 0.1) is 5.60 Å². The average molecular weight is 253 g/mol. The van der Waals surface area contributed by atoms with Crippen LogP contribution in [0.4, 0.5) is 0 Å². The van der Waals surface area contributed by atoms with Crippen LogP contribution in [0.3, 0.4) is 0 Å². The first-order valence-electron chi connectivity index (χ1n) is 7.41. The van der Waals surface area contributed by atoms with Gasteiger partial charge in [-0.1, -0.05) is 32.9 Å². The van der Waals surface area contributed by atoms with Gasteiger partial charge < -0.3 is 10.5 Å². The third-order valence-corrected chi connectivity index (χ3v) is 4.57. The fourth-order valence-electron chi connectivity index (χ4n) is 2.90. The molecule has 2 heteroatoms. The summed E-state index contributed by atoms with van der Waals surface area (Å²) in [7, 11) is 0. The van der Waals surface area contributed by atoms with E-state index in [0.29, 0.717) is 5.41 Å². The zero-order chi connectivity index (χ0) is 13.8. The topological polar surface area (TPSA) is 35.2 Å².